The molecule has 0 aliphatic rings. The van der Waals surface area contributed by atoms with Gasteiger partial charge in [-0.05, 0) is 24.6 Å². The Hall–Kier alpha value is -2.04. The zero-order valence-electron chi connectivity index (χ0n) is 9.20. The minimum absolute atomic E-state index is 0.776. The number of hydrogen-bond donors (Lipinski definition) is 3. The summed E-state index contributed by atoms with van der Waals surface area (Å²) in [6, 6.07) is 5.98. The first-order valence-electron chi connectivity index (χ1n) is 5.20. The lowest BCUT2D eigenvalue weighted by atomic mass is 10.2. The lowest BCUT2D eigenvalue weighted by Gasteiger charge is -2.08. The van der Waals surface area contributed by atoms with Gasteiger partial charge in [0.15, 0.2) is 0 Å². The number of H-pyrrole nitrogens is 1. The molecule has 0 aliphatic carbocycles. The highest BCUT2D eigenvalue weighted by molar-refractivity contribution is 5.66. The molecular weight excluding hydrogens is 202 g/mol. The van der Waals surface area contributed by atoms with Crippen molar-refractivity contribution in [2.24, 2.45) is 0 Å². The fourth-order valence-corrected chi connectivity index (χ4v) is 1.51. The van der Waals surface area contributed by atoms with Crippen molar-refractivity contribution < 1.29 is 0 Å². The molecule has 0 saturated carbocycles. The predicted octanol–water partition coefficient (Wildman–Crippen LogP) is 1.35. The molecule has 0 atom stereocenters. The molecule has 1 aromatic heterocycles. The van der Waals surface area contributed by atoms with Crippen LogP contribution in [0.25, 0.3) is 0 Å². The number of rotatable bonds is 4. The zero-order chi connectivity index (χ0) is 11.4. The van der Waals surface area contributed by atoms with Crippen molar-refractivity contribution in [3.8, 4) is 0 Å². The zero-order valence-corrected chi connectivity index (χ0v) is 9.20. The maximum atomic E-state index is 5.88. The molecule has 0 unspecified atom stereocenters. The van der Waals surface area contributed by atoms with Gasteiger partial charge in [-0.3, -0.25) is 5.10 Å². The Bertz CT molecular complexity index is 449. The Kier molecular flexibility index (Phi) is 3.05. The molecule has 2 rings (SSSR count). The third kappa shape index (κ3) is 2.50. The summed E-state index contributed by atoms with van der Waals surface area (Å²) in [5.74, 6) is 0.873. The minimum Gasteiger partial charge on any atom is -0.397 e. The van der Waals surface area contributed by atoms with E-state index in [2.05, 4.69) is 20.5 Å². The van der Waals surface area contributed by atoms with Gasteiger partial charge in [0.1, 0.15) is 12.2 Å². The fraction of sp³-hybridized carbons (Fsp3) is 0.273. The summed E-state index contributed by atoms with van der Waals surface area (Å²) < 4.78 is 0. The molecule has 0 saturated heterocycles. The predicted molar refractivity (Wildman–Crippen MR) is 64.2 cm³/mol. The molecule has 0 aliphatic heterocycles. The first-order chi connectivity index (χ1) is 7.75. The van der Waals surface area contributed by atoms with Crippen molar-refractivity contribution in [2.45, 2.75) is 13.3 Å². The van der Waals surface area contributed by atoms with Gasteiger partial charge in [0.05, 0.1) is 11.4 Å². The van der Waals surface area contributed by atoms with E-state index in [-0.39, 0.29) is 0 Å². The average molecular weight is 217 g/mol. The van der Waals surface area contributed by atoms with E-state index in [1.165, 1.54) is 11.9 Å². The van der Waals surface area contributed by atoms with E-state index in [9.17, 15) is 0 Å². The van der Waals surface area contributed by atoms with Crippen molar-refractivity contribution in [3.05, 3.63) is 35.9 Å². The number of aromatic amines is 1. The van der Waals surface area contributed by atoms with Gasteiger partial charge in [-0.1, -0.05) is 6.07 Å². The van der Waals surface area contributed by atoms with Gasteiger partial charge in [-0.2, -0.15) is 5.10 Å². The number of nitrogens with zero attached hydrogens (tertiary/aromatic N) is 2. The molecule has 2 aromatic rings. The molecule has 0 spiro atoms. The number of benzene rings is 1. The molecule has 16 heavy (non-hydrogen) atoms. The third-order valence-electron chi connectivity index (χ3n) is 2.35. The van der Waals surface area contributed by atoms with Crippen molar-refractivity contribution in [3.63, 3.8) is 0 Å². The Balaban J connectivity index is 1.90. The van der Waals surface area contributed by atoms with Crippen molar-refractivity contribution in [1.29, 1.82) is 0 Å². The first kappa shape index (κ1) is 10.5. The van der Waals surface area contributed by atoms with Crippen LogP contribution in [0.2, 0.25) is 0 Å². The molecule has 5 heteroatoms. The van der Waals surface area contributed by atoms with Crippen LogP contribution < -0.4 is 11.1 Å². The largest absolute Gasteiger partial charge is 0.397 e. The van der Waals surface area contributed by atoms with Crippen LogP contribution in [0.15, 0.2) is 24.5 Å². The monoisotopic (exact) mass is 217 g/mol. The summed E-state index contributed by atoms with van der Waals surface area (Å²) in [5.41, 5.74) is 8.79. The van der Waals surface area contributed by atoms with Crippen molar-refractivity contribution in [2.75, 3.05) is 17.6 Å². The van der Waals surface area contributed by atoms with Crippen LogP contribution in [-0.4, -0.2) is 21.7 Å². The van der Waals surface area contributed by atoms with Gasteiger partial charge >= 0.3 is 0 Å². The summed E-state index contributed by atoms with van der Waals surface area (Å²) in [6.45, 7) is 2.80. The Morgan fingerprint density at radius 1 is 1.44 bits per heavy atom. The number of aryl methyl sites for hydroxylation is 1. The van der Waals surface area contributed by atoms with Crippen molar-refractivity contribution in [1.82, 2.24) is 15.2 Å². The second-order valence-corrected chi connectivity index (χ2v) is 3.70. The van der Waals surface area contributed by atoms with Gasteiger partial charge in [0.2, 0.25) is 0 Å². The standard InChI is InChI=1S/C11H15N5/c1-8-2-3-10(9(12)6-8)13-5-4-11-14-7-15-16-11/h2-3,6-7,13H,4-5,12H2,1H3,(H,14,15,16). The van der Waals surface area contributed by atoms with Crippen molar-refractivity contribution >= 4 is 11.4 Å². The normalized spacial score (nSPS) is 10.3. The molecule has 84 valence electrons. The van der Waals surface area contributed by atoms with Crippen LogP contribution in [0.3, 0.4) is 0 Å². The van der Waals surface area contributed by atoms with Gasteiger partial charge in [-0.15, -0.1) is 0 Å². The maximum absolute atomic E-state index is 5.88. The Labute approximate surface area is 94.1 Å². The molecule has 0 amide bonds. The summed E-state index contributed by atoms with van der Waals surface area (Å²) in [5, 5.41) is 9.87. The molecule has 0 bridgehead atoms. The molecule has 1 aromatic carbocycles. The highest BCUT2D eigenvalue weighted by atomic mass is 15.2. The smallest absolute Gasteiger partial charge is 0.137 e. The van der Waals surface area contributed by atoms with Crippen LogP contribution in [0.4, 0.5) is 11.4 Å². The molecule has 0 fully saturated rings. The number of anilines is 2. The van der Waals surface area contributed by atoms with E-state index in [4.69, 9.17) is 5.73 Å². The molecule has 4 N–H and O–H groups in total. The first-order valence-corrected chi connectivity index (χ1v) is 5.20. The summed E-state index contributed by atoms with van der Waals surface area (Å²) in [6.07, 6.45) is 2.31. The van der Waals surface area contributed by atoms with Gasteiger partial charge in [0.25, 0.3) is 0 Å². The molecule has 1 heterocycles. The highest BCUT2D eigenvalue weighted by Crippen LogP contribution is 2.18. The van der Waals surface area contributed by atoms with Crippen LogP contribution in [-0.2, 0) is 6.42 Å². The topological polar surface area (TPSA) is 79.6 Å². The lowest BCUT2D eigenvalue weighted by Crippen LogP contribution is -2.07. The molecule has 5 nitrogen and oxygen atoms in total. The summed E-state index contributed by atoms with van der Waals surface area (Å²) in [4.78, 5) is 4.05. The number of hydrogen-bond acceptors (Lipinski definition) is 4. The maximum Gasteiger partial charge on any atom is 0.137 e. The lowest BCUT2D eigenvalue weighted by molar-refractivity contribution is 0.901. The van der Waals surface area contributed by atoms with E-state index in [1.54, 1.807) is 0 Å². The second kappa shape index (κ2) is 4.65. The van der Waals surface area contributed by atoms with E-state index in [1.807, 2.05) is 25.1 Å². The van der Waals surface area contributed by atoms with E-state index >= 15 is 0 Å². The van der Waals surface area contributed by atoms with Crippen LogP contribution >= 0.6 is 0 Å². The summed E-state index contributed by atoms with van der Waals surface area (Å²) in [7, 11) is 0. The second-order valence-electron chi connectivity index (χ2n) is 3.70. The Morgan fingerprint density at radius 3 is 3.00 bits per heavy atom. The highest BCUT2D eigenvalue weighted by Gasteiger charge is 1.99. The van der Waals surface area contributed by atoms with Crippen LogP contribution in [0.5, 0.6) is 0 Å². The number of nitrogen functional groups attached to an aromatic ring is 1. The molecular formula is C11H15N5. The fourth-order valence-electron chi connectivity index (χ4n) is 1.51. The Morgan fingerprint density at radius 2 is 2.31 bits per heavy atom. The summed E-state index contributed by atoms with van der Waals surface area (Å²) >= 11 is 0. The number of aromatic nitrogens is 3. The minimum atomic E-state index is 0.776. The molecule has 0 radical (unpaired) electrons. The van der Waals surface area contributed by atoms with Crippen LogP contribution in [0, 0.1) is 6.92 Å². The van der Waals surface area contributed by atoms with Gasteiger partial charge in [0, 0.05) is 13.0 Å². The van der Waals surface area contributed by atoms with Gasteiger partial charge < -0.3 is 11.1 Å². The van der Waals surface area contributed by atoms with Crippen LogP contribution in [0.1, 0.15) is 11.4 Å². The SMILES string of the molecule is Cc1ccc(NCCc2ncn[nH]2)c(N)c1. The average Bonchev–Trinajstić information content (AvgIpc) is 2.74. The number of nitrogens with one attached hydrogen (secondary N) is 2. The van der Waals surface area contributed by atoms with Gasteiger partial charge in [-0.25, -0.2) is 4.98 Å². The van der Waals surface area contributed by atoms with E-state index in [0.717, 1.165) is 30.2 Å². The number of nitrogens with two attached hydrogens (primary N) is 1. The third-order valence-corrected chi connectivity index (χ3v) is 2.35. The van der Waals surface area contributed by atoms with E-state index in [0.29, 0.717) is 0 Å². The van der Waals surface area contributed by atoms with E-state index < -0.39 is 0 Å². The quantitative estimate of drug-likeness (QED) is 0.675.